The fraction of sp³-hybridized carbons (Fsp3) is 0.364. The van der Waals surface area contributed by atoms with Crippen molar-refractivity contribution in [3.05, 3.63) is 35.7 Å². The van der Waals surface area contributed by atoms with Crippen LogP contribution in [-0.4, -0.2) is 10.4 Å². The third kappa shape index (κ3) is 1.72. The van der Waals surface area contributed by atoms with E-state index < -0.39 is 0 Å². The van der Waals surface area contributed by atoms with Crippen LogP contribution >= 0.6 is 0 Å². The standard InChI is InChI=1S/C11H15NO/c1-5-6-12-8(2)7-11(9(12)3)10(4)13/h5,7H,1,6H2,2-4H3. The van der Waals surface area contributed by atoms with Gasteiger partial charge in [0, 0.05) is 23.5 Å². The molecule has 1 heterocycles. The first-order valence-corrected chi connectivity index (χ1v) is 4.36. The molecule has 0 aromatic carbocycles. The zero-order valence-corrected chi connectivity index (χ0v) is 8.42. The highest BCUT2D eigenvalue weighted by Crippen LogP contribution is 2.15. The zero-order chi connectivity index (χ0) is 10.0. The Kier molecular flexibility index (Phi) is 2.71. The molecular formula is C11H15NO. The van der Waals surface area contributed by atoms with Crippen molar-refractivity contribution in [3.63, 3.8) is 0 Å². The maximum Gasteiger partial charge on any atom is 0.161 e. The van der Waals surface area contributed by atoms with Crippen LogP contribution in [0.4, 0.5) is 0 Å². The zero-order valence-electron chi connectivity index (χ0n) is 8.42. The minimum absolute atomic E-state index is 0.128. The van der Waals surface area contributed by atoms with Gasteiger partial charge in [0.05, 0.1) is 0 Å². The summed E-state index contributed by atoms with van der Waals surface area (Å²) >= 11 is 0. The second-order valence-corrected chi connectivity index (χ2v) is 3.24. The van der Waals surface area contributed by atoms with Crippen LogP contribution in [0, 0.1) is 13.8 Å². The highest BCUT2D eigenvalue weighted by molar-refractivity contribution is 5.95. The molecule has 0 N–H and O–H groups in total. The number of hydrogen-bond donors (Lipinski definition) is 0. The van der Waals surface area contributed by atoms with Crippen LogP contribution < -0.4 is 0 Å². The summed E-state index contributed by atoms with van der Waals surface area (Å²) in [6.07, 6.45) is 1.84. The number of aryl methyl sites for hydroxylation is 1. The largest absolute Gasteiger partial charge is 0.345 e. The van der Waals surface area contributed by atoms with E-state index in [-0.39, 0.29) is 5.78 Å². The van der Waals surface area contributed by atoms with Gasteiger partial charge in [0.25, 0.3) is 0 Å². The number of Topliss-reactive ketones (excluding diaryl/α,β-unsaturated/α-hetero) is 1. The summed E-state index contributed by atoms with van der Waals surface area (Å²) in [5.41, 5.74) is 2.96. The van der Waals surface area contributed by atoms with Gasteiger partial charge in [-0.1, -0.05) is 6.08 Å². The molecule has 0 spiro atoms. The Bertz CT molecular complexity index is 347. The predicted octanol–water partition coefficient (Wildman–Crippen LogP) is 2.49. The lowest BCUT2D eigenvalue weighted by Crippen LogP contribution is -2.01. The van der Waals surface area contributed by atoms with Gasteiger partial charge in [-0.25, -0.2) is 0 Å². The van der Waals surface area contributed by atoms with E-state index in [1.54, 1.807) is 6.92 Å². The molecule has 0 amide bonds. The highest BCUT2D eigenvalue weighted by atomic mass is 16.1. The molecule has 70 valence electrons. The molecule has 0 saturated carbocycles. The smallest absolute Gasteiger partial charge is 0.161 e. The first-order chi connectivity index (χ1) is 6.07. The van der Waals surface area contributed by atoms with E-state index in [1.807, 2.05) is 26.0 Å². The third-order valence-electron chi connectivity index (χ3n) is 2.26. The van der Waals surface area contributed by atoms with Crippen molar-refractivity contribution in [2.75, 3.05) is 0 Å². The highest BCUT2D eigenvalue weighted by Gasteiger charge is 2.10. The molecule has 1 aromatic rings. The normalized spacial score (nSPS) is 10.1. The molecule has 2 nitrogen and oxygen atoms in total. The molecule has 2 heteroatoms. The van der Waals surface area contributed by atoms with Crippen molar-refractivity contribution in [1.82, 2.24) is 4.57 Å². The van der Waals surface area contributed by atoms with E-state index >= 15 is 0 Å². The molecule has 0 aliphatic carbocycles. The topological polar surface area (TPSA) is 22.0 Å². The van der Waals surface area contributed by atoms with Gasteiger partial charge in [0.2, 0.25) is 0 Å². The van der Waals surface area contributed by atoms with E-state index in [9.17, 15) is 4.79 Å². The molecule has 1 rings (SSSR count). The first kappa shape index (κ1) is 9.78. The monoisotopic (exact) mass is 177 g/mol. The van der Waals surface area contributed by atoms with Crippen LogP contribution in [0.2, 0.25) is 0 Å². The van der Waals surface area contributed by atoms with Crippen molar-refractivity contribution in [2.45, 2.75) is 27.3 Å². The van der Waals surface area contributed by atoms with Crippen molar-refractivity contribution >= 4 is 5.78 Å². The molecule has 0 unspecified atom stereocenters. The van der Waals surface area contributed by atoms with Gasteiger partial charge in [-0.05, 0) is 26.8 Å². The van der Waals surface area contributed by atoms with Gasteiger partial charge in [0.1, 0.15) is 0 Å². The summed E-state index contributed by atoms with van der Waals surface area (Å²) in [5.74, 6) is 0.128. The minimum atomic E-state index is 0.128. The number of carbonyl (C=O) groups excluding carboxylic acids is 1. The number of allylic oxidation sites excluding steroid dienone is 1. The summed E-state index contributed by atoms with van der Waals surface area (Å²) in [6.45, 7) is 10.0. The van der Waals surface area contributed by atoms with Crippen molar-refractivity contribution < 1.29 is 4.79 Å². The number of aromatic nitrogens is 1. The maximum absolute atomic E-state index is 11.2. The number of hydrogen-bond acceptors (Lipinski definition) is 1. The van der Waals surface area contributed by atoms with E-state index in [0.717, 1.165) is 23.5 Å². The lowest BCUT2D eigenvalue weighted by Gasteiger charge is -2.05. The predicted molar refractivity (Wildman–Crippen MR) is 54.1 cm³/mol. The van der Waals surface area contributed by atoms with Crippen LogP contribution in [0.15, 0.2) is 18.7 Å². The van der Waals surface area contributed by atoms with Crippen molar-refractivity contribution in [2.24, 2.45) is 0 Å². The molecular weight excluding hydrogens is 162 g/mol. The van der Waals surface area contributed by atoms with Crippen LogP contribution in [0.25, 0.3) is 0 Å². The molecule has 0 fully saturated rings. The minimum Gasteiger partial charge on any atom is -0.345 e. The Hall–Kier alpha value is -1.31. The van der Waals surface area contributed by atoms with Crippen LogP contribution in [-0.2, 0) is 6.54 Å². The maximum atomic E-state index is 11.2. The summed E-state index contributed by atoms with van der Waals surface area (Å²) in [5, 5.41) is 0. The molecule has 0 radical (unpaired) electrons. The SMILES string of the molecule is C=CCn1c(C)cc(C(C)=O)c1C. The van der Waals surface area contributed by atoms with Crippen LogP contribution in [0.5, 0.6) is 0 Å². The Balaban J connectivity index is 3.21. The van der Waals surface area contributed by atoms with E-state index in [0.29, 0.717) is 0 Å². The van der Waals surface area contributed by atoms with Gasteiger partial charge in [-0.3, -0.25) is 4.79 Å². The molecule has 0 atom stereocenters. The van der Waals surface area contributed by atoms with E-state index in [2.05, 4.69) is 11.1 Å². The van der Waals surface area contributed by atoms with Crippen molar-refractivity contribution in [3.8, 4) is 0 Å². The number of rotatable bonds is 3. The van der Waals surface area contributed by atoms with Gasteiger partial charge < -0.3 is 4.57 Å². The third-order valence-corrected chi connectivity index (χ3v) is 2.26. The lowest BCUT2D eigenvalue weighted by atomic mass is 10.2. The first-order valence-electron chi connectivity index (χ1n) is 4.36. The Morgan fingerprint density at radius 2 is 2.23 bits per heavy atom. The lowest BCUT2D eigenvalue weighted by molar-refractivity contribution is 0.101. The molecule has 0 aliphatic rings. The summed E-state index contributed by atoms with van der Waals surface area (Å²) in [7, 11) is 0. The Morgan fingerprint density at radius 3 is 2.62 bits per heavy atom. The molecule has 0 aliphatic heterocycles. The van der Waals surface area contributed by atoms with Gasteiger partial charge >= 0.3 is 0 Å². The second-order valence-electron chi connectivity index (χ2n) is 3.24. The Morgan fingerprint density at radius 1 is 1.62 bits per heavy atom. The fourth-order valence-corrected chi connectivity index (χ4v) is 1.57. The van der Waals surface area contributed by atoms with Crippen molar-refractivity contribution in [1.29, 1.82) is 0 Å². The average Bonchev–Trinajstić information content (AvgIpc) is 2.32. The van der Waals surface area contributed by atoms with Gasteiger partial charge in [-0.15, -0.1) is 6.58 Å². The number of nitrogens with zero attached hydrogens (tertiary/aromatic N) is 1. The average molecular weight is 177 g/mol. The molecule has 0 saturated heterocycles. The molecule has 13 heavy (non-hydrogen) atoms. The second kappa shape index (κ2) is 3.60. The summed E-state index contributed by atoms with van der Waals surface area (Å²) in [6, 6.07) is 1.93. The molecule has 0 bridgehead atoms. The number of carbonyl (C=O) groups is 1. The van der Waals surface area contributed by atoms with Gasteiger partial charge in [0.15, 0.2) is 5.78 Å². The Labute approximate surface area is 78.9 Å². The van der Waals surface area contributed by atoms with E-state index in [4.69, 9.17) is 0 Å². The number of ketones is 1. The fourth-order valence-electron chi connectivity index (χ4n) is 1.57. The molecule has 1 aromatic heterocycles. The van der Waals surface area contributed by atoms with Crippen LogP contribution in [0.1, 0.15) is 28.7 Å². The van der Waals surface area contributed by atoms with E-state index in [1.165, 1.54) is 0 Å². The summed E-state index contributed by atoms with van der Waals surface area (Å²) in [4.78, 5) is 11.2. The summed E-state index contributed by atoms with van der Waals surface area (Å²) < 4.78 is 2.09. The van der Waals surface area contributed by atoms with Gasteiger partial charge in [-0.2, -0.15) is 0 Å². The van der Waals surface area contributed by atoms with Crippen LogP contribution in [0.3, 0.4) is 0 Å². The quantitative estimate of drug-likeness (QED) is 0.513.